The molecule has 1 aromatic heterocycles. The fourth-order valence-corrected chi connectivity index (χ4v) is 4.05. The van der Waals surface area contributed by atoms with Gasteiger partial charge in [0.25, 0.3) is 0 Å². The number of rotatable bonds is 7. The Bertz CT molecular complexity index is 1050. The van der Waals surface area contributed by atoms with Gasteiger partial charge in [-0.1, -0.05) is 45.4 Å². The molecule has 0 saturated heterocycles. The summed E-state index contributed by atoms with van der Waals surface area (Å²) in [5.74, 6) is -0.253. The molecular weight excluding hydrogens is 466 g/mol. The van der Waals surface area contributed by atoms with Crippen LogP contribution >= 0.6 is 27.7 Å². The topological polar surface area (TPSA) is 80.1 Å². The molecule has 0 fully saturated rings. The smallest absolute Gasteiger partial charge is 0.243 e. The fourth-order valence-electron chi connectivity index (χ4n) is 2.70. The first kappa shape index (κ1) is 22.0. The van der Waals surface area contributed by atoms with Gasteiger partial charge in [0.2, 0.25) is 11.8 Å². The third-order valence-corrected chi connectivity index (χ3v) is 5.84. The molecule has 0 aliphatic carbocycles. The van der Waals surface area contributed by atoms with Crippen LogP contribution in [0.4, 0.5) is 5.69 Å². The Morgan fingerprint density at radius 3 is 2.60 bits per heavy atom. The highest BCUT2D eigenvalue weighted by Gasteiger charge is 2.16. The van der Waals surface area contributed by atoms with Crippen molar-refractivity contribution in [3.05, 3.63) is 64.4 Å². The van der Waals surface area contributed by atoms with Crippen molar-refractivity contribution >= 4 is 45.2 Å². The Balaban J connectivity index is 1.54. The zero-order chi connectivity index (χ0) is 21.7. The van der Waals surface area contributed by atoms with Gasteiger partial charge in [0.1, 0.15) is 6.33 Å². The van der Waals surface area contributed by atoms with E-state index in [9.17, 15) is 9.59 Å². The van der Waals surface area contributed by atoms with Crippen LogP contribution in [0.5, 0.6) is 0 Å². The van der Waals surface area contributed by atoms with E-state index in [2.05, 4.69) is 31.4 Å². The van der Waals surface area contributed by atoms with Crippen LogP contribution in [-0.4, -0.2) is 50.8 Å². The maximum atomic E-state index is 12.5. The predicted octanol–water partition coefficient (Wildman–Crippen LogP) is 3.84. The number of nitrogens with one attached hydrogen (secondary N) is 1. The van der Waals surface area contributed by atoms with Crippen LogP contribution in [0.25, 0.3) is 5.69 Å². The fraction of sp³-hybridized carbons (Fsp3) is 0.238. The summed E-state index contributed by atoms with van der Waals surface area (Å²) in [6.07, 6.45) is 1.62. The molecule has 2 amide bonds. The monoisotopic (exact) mass is 487 g/mol. The van der Waals surface area contributed by atoms with Gasteiger partial charge in [-0.15, -0.1) is 10.2 Å². The highest BCUT2D eigenvalue weighted by Crippen LogP contribution is 2.21. The molecule has 1 heterocycles. The van der Waals surface area contributed by atoms with Crippen molar-refractivity contribution in [2.24, 2.45) is 0 Å². The summed E-state index contributed by atoms with van der Waals surface area (Å²) in [7, 11) is 1.61. The minimum absolute atomic E-state index is 0.0282. The SMILES string of the molecule is Cc1ccc(-n2cnnc2SCC(=O)N(C)CC(=O)Nc2ccc(Br)cc2C)cc1. The number of nitrogens with zero attached hydrogens (tertiary/aromatic N) is 4. The van der Waals surface area contributed by atoms with Crippen molar-refractivity contribution in [1.29, 1.82) is 0 Å². The van der Waals surface area contributed by atoms with E-state index >= 15 is 0 Å². The number of anilines is 1. The molecular formula is C21H22BrN5O2S. The highest BCUT2D eigenvalue weighted by molar-refractivity contribution is 9.10. The van der Waals surface area contributed by atoms with Gasteiger partial charge in [-0.05, 0) is 49.7 Å². The Labute approximate surface area is 188 Å². The van der Waals surface area contributed by atoms with E-state index in [1.807, 2.05) is 60.9 Å². The van der Waals surface area contributed by atoms with Crippen molar-refractivity contribution < 1.29 is 9.59 Å². The minimum Gasteiger partial charge on any atom is -0.336 e. The van der Waals surface area contributed by atoms with Crippen LogP contribution in [0, 0.1) is 13.8 Å². The van der Waals surface area contributed by atoms with Crippen molar-refractivity contribution in [2.75, 3.05) is 24.7 Å². The molecule has 3 aromatic rings. The predicted molar refractivity (Wildman–Crippen MR) is 122 cm³/mol. The molecule has 0 spiro atoms. The second kappa shape index (κ2) is 9.90. The molecule has 0 radical (unpaired) electrons. The Morgan fingerprint density at radius 2 is 1.90 bits per heavy atom. The molecule has 9 heteroatoms. The second-order valence-electron chi connectivity index (χ2n) is 6.86. The molecule has 0 aliphatic heterocycles. The van der Waals surface area contributed by atoms with E-state index in [4.69, 9.17) is 0 Å². The minimum atomic E-state index is -0.246. The summed E-state index contributed by atoms with van der Waals surface area (Å²) in [5, 5.41) is 11.5. The van der Waals surface area contributed by atoms with Gasteiger partial charge in [0, 0.05) is 22.9 Å². The third-order valence-electron chi connectivity index (χ3n) is 4.42. The molecule has 156 valence electrons. The van der Waals surface area contributed by atoms with E-state index in [0.29, 0.717) is 5.16 Å². The van der Waals surface area contributed by atoms with Gasteiger partial charge < -0.3 is 10.2 Å². The number of benzene rings is 2. The lowest BCUT2D eigenvalue weighted by Gasteiger charge is -2.17. The van der Waals surface area contributed by atoms with E-state index in [1.54, 1.807) is 13.4 Å². The van der Waals surface area contributed by atoms with Gasteiger partial charge in [0.05, 0.1) is 12.3 Å². The first-order valence-electron chi connectivity index (χ1n) is 9.23. The summed E-state index contributed by atoms with van der Waals surface area (Å²) in [6.45, 7) is 3.91. The number of likely N-dealkylation sites (N-methyl/N-ethyl adjacent to an activating group) is 1. The van der Waals surface area contributed by atoms with E-state index in [1.165, 1.54) is 16.7 Å². The number of amides is 2. The number of thioether (sulfide) groups is 1. The van der Waals surface area contributed by atoms with Crippen molar-refractivity contribution in [3.8, 4) is 5.69 Å². The molecule has 0 bridgehead atoms. The number of hydrogen-bond donors (Lipinski definition) is 1. The quantitative estimate of drug-likeness (QED) is 0.512. The summed E-state index contributed by atoms with van der Waals surface area (Å²) >= 11 is 4.68. The summed E-state index contributed by atoms with van der Waals surface area (Å²) in [4.78, 5) is 26.2. The summed E-state index contributed by atoms with van der Waals surface area (Å²) < 4.78 is 2.78. The van der Waals surface area contributed by atoms with Gasteiger partial charge in [-0.25, -0.2) is 0 Å². The van der Waals surface area contributed by atoms with Crippen LogP contribution in [0.2, 0.25) is 0 Å². The van der Waals surface area contributed by atoms with Gasteiger partial charge in [0.15, 0.2) is 5.16 Å². The van der Waals surface area contributed by atoms with Crippen molar-refractivity contribution in [1.82, 2.24) is 19.7 Å². The van der Waals surface area contributed by atoms with E-state index in [0.717, 1.165) is 27.0 Å². The Kier molecular flexibility index (Phi) is 7.28. The maximum absolute atomic E-state index is 12.5. The van der Waals surface area contributed by atoms with Gasteiger partial charge >= 0.3 is 0 Å². The molecule has 1 N–H and O–H groups in total. The van der Waals surface area contributed by atoms with Crippen molar-refractivity contribution in [2.45, 2.75) is 19.0 Å². The zero-order valence-corrected chi connectivity index (χ0v) is 19.3. The van der Waals surface area contributed by atoms with Crippen LogP contribution in [0.15, 0.2) is 58.4 Å². The number of aryl methyl sites for hydroxylation is 2. The molecule has 30 heavy (non-hydrogen) atoms. The summed E-state index contributed by atoms with van der Waals surface area (Å²) in [5.41, 5.74) is 3.76. The van der Waals surface area contributed by atoms with Gasteiger partial charge in [-0.2, -0.15) is 0 Å². The maximum Gasteiger partial charge on any atom is 0.243 e. The number of halogens is 1. The Hall–Kier alpha value is -2.65. The average Bonchev–Trinajstić information content (AvgIpc) is 3.17. The molecule has 0 atom stereocenters. The van der Waals surface area contributed by atoms with Gasteiger partial charge in [-0.3, -0.25) is 14.2 Å². The van der Waals surface area contributed by atoms with Crippen LogP contribution in [-0.2, 0) is 9.59 Å². The first-order chi connectivity index (χ1) is 14.3. The lowest BCUT2D eigenvalue weighted by atomic mass is 10.2. The Morgan fingerprint density at radius 1 is 1.17 bits per heavy atom. The lowest BCUT2D eigenvalue weighted by molar-refractivity contribution is -0.131. The lowest BCUT2D eigenvalue weighted by Crippen LogP contribution is -2.36. The summed E-state index contributed by atoms with van der Waals surface area (Å²) in [6, 6.07) is 13.6. The molecule has 2 aromatic carbocycles. The normalized spacial score (nSPS) is 10.7. The number of aromatic nitrogens is 3. The number of hydrogen-bond acceptors (Lipinski definition) is 5. The van der Waals surface area contributed by atoms with Crippen molar-refractivity contribution in [3.63, 3.8) is 0 Å². The molecule has 7 nitrogen and oxygen atoms in total. The van der Waals surface area contributed by atoms with Crippen LogP contribution < -0.4 is 5.32 Å². The largest absolute Gasteiger partial charge is 0.336 e. The third kappa shape index (κ3) is 5.70. The standard InChI is InChI=1S/C21H22BrN5O2S/c1-14-4-7-17(8-5-14)27-13-23-25-21(27)30-12-20(29)26(3)11-19(28)24-18-9-6-16(22)10-15(18)2/h4-10,13H,11-12H2,1-3H3,(H,24,28). The van der Waals surface area contributed by atoms with E-state index in [-0.39, 0.29) is 24.1 Å². The zero-order valence-electron chi connectivity index (χ0n) is 16.9. The van der Waals surface area contributed by atoms with E-state index < -0.39 is 0 Å². The molecule has 0 saturated carbocycles. The number of carbonyl (C=O) groups excluding carboxylic acids is 2. The average molecular weight is 488 g/mol. The molecule has 3 rings (SSSR count). The highest BCUT2D eigenvalue weighted by atomic mass is 79.9. The van der Waals surface area contributed by atoms with Crippen LogP contribution in [0.3, 0.4) is 0 Å². The molecule has 0 aliphatic rings. The first-order valence-corrected chi connectivity index (χ1v) is 11.0. The molecule has 0 unspecified atom stereocenters. The van der Waals surface area contributed by atoms with Crippen LogP contribution in [0.1, 0.15) is 11.1 Å². The second-order valence-corrected chi connectivity index (χ2v) is 8.72. The number of carbonyl (C=O) groups is 2.